The van der Waals surface area contributed by atoms with Crippen molar-refractivity contribution in [3.63, 3.8) is 0 Å². The van der Waals surface area contributed by atoms with Gasteiger partial charge in [0, 0.05) is 30.5 Å². The number of pyridine rings is 1. The number of piperidine rings is 1. The van der Waals surface area contributed by atoms with Crippen LogP contribution >= 0.6 is 23.8 Å². The second kappa shape index (κ2) is 11.5. The minimum atomic E-state index is -0.253. The number of rotatable bonds is 7. The lowest BCUT2D eigenvalue weighted by atomic mass is 9.98. The molecule has 4 aromatic rings. The Bertz CT molecular complexity index is 1470. The molecule has 0 radical (unpaired) electrons. The number of benzene rings is 2. The van der Waals surface area contributed by atoms with Crippen LogP contribution in [-0.2, 0) is 0 Å². The van der Waals surface area contributed by atoms with Crippen molar-refractivity contribution in [2.45, 2.75) is 38.8 Å². The Labute approximate surface area is 245 Å². The van der Waals surface area contributed by atoms with Crippen molar-refractivity contribution < 1.29 is 9.15 Å². The molecule has 0 amide bonds. The van der Waals surface area contributed by atoms with E-state index in [1.165, 1.54) is 12.8 Å². The maximum absolute atomic E-state index is 6.91. The summed E-state index contributed by atoms with van der Waals surface area (Å²) in [6, 6.07) is 23.7. The van der Waals surface area contributed by atoms with Crippen molar-refractivity contribution >= 4 is 40.3 Å². The van der Waals surface area contributed by atoms with Gasteiger partial charge in [-0.05, 0) is 105 Å². The summed E-state index contributed by atoms with van der Waals surface area (Å²) in [4.78, 5) is 9.14. The molecule has 2 fully saturated rings. The number of thiocarbonyl (C=S) groups is 1. The second-order valence-electron chi connectivity index (χ2n) is 10.5. The maximum atomic E-state index is 6.91. The van der Waals surface area contributed by atoms with E-state index in [1.807, 2.05) is 67.6 Å². The number of anilines is 2. The monoisotopic (exact) mass is 572 g/mol. The molecule has 0 unspecified atom stereocenters. The van der Waals surface area contributed by atoms with Crippen molar-refractivity contribution in [2.24, 2.45) is 5.92 Å². The first-order valence-electron chi connectivity index (χ1n) is 13.9. The summed E-state index contributed by atoms with van der Waals surface area (Å²) in [7, 11) is 0. The summed E-state index contributed by atoms with van der Waals surface area (Å²) < 4.78 is 12.1. The molecule has 2 aliphatic rings. The molecule has 206 valence electrons. The van der Waals surface area contributed by atoms with E-state index in [0.717, 1.165) is 63.9 Å². The van der Waals surface area contributed by atoms with Crippen LogP contribution in [0.25, 0.3) is 11.3 Å². The summed E-state index contributed by atoms with van der Waals surface area (Å²) in [5, 5.41) is 4.84. The quantitative estimate of drug-likeness (QED) is 0.227. The van der Waals surface area contributed by atoms with E-state index < -0.39 is 0 Å². The molecule has 2 aliphatic heterocycles. The van der Waals surface area contributed by atoms with Crippen LogP contribution in [0.2, 0.25) is 5.02 Å². The molecule has 0 saturated carbocycles. The molecule has 40 heavy (non-hydrogen) atoms. The SMILES string of the molecule is CCOc1ccc(-c2ccc([C@H]3[C@H](c4ccccn4)NC(=S)N3c3ccc(N4CCC(C)CC4)c(Cl)c3)o2)cc1. The Kier molecular flexibility index (Phi) is 7.67. The van der Waals surface area contributed by atoms with Gasteiger partial charge in [-0.2, -0.15) is 0 Å². The largest absolute Gasteiger partial charge is 0.494 e. The number of nitrogens with one attached hydrogen (secondary N) is 1. The normalized spacial score (nSPS) is 19.6. The Morgan fingerprint density at radius 2 is 1.85 bits per heavy atom. The highest BCUT2D eigenvalue weighted by Gasteiger charge is 2.42. The first-order chi connectivity index (χ1) is 19.5. The first-order valence-corrected chi connectivity index (χ1v) is 14.7. The summed E-state index contributed by atoms with van der Waals surface area (Å²) in [6.07, 6.45) is 4.17. The second-order valence-corrected chi connectivity index (χ2v) is 11.3. The number of ether oxygens (including phenoxy) is 1. The molecule has 2 aromatic heterocycles. The number of nitrogens with zero attached hydrogens (tertiary/aromatic N) is 3. The lowest BCUT2D eigenvalue weighted by Crippen LogP contribution is -2.33. The zero-order valence-electron chi connectivity index (χ0n) is 22.7. The molecule has 1 N–H and O–H groups in total. The van der Waals surface area contributed by atoms with Crippen LogP contribution < -0.4 is 19.9 Å². The van der Waals surface area contributed by atoms with Gasteiger partial charge in [0.2, 0.25) is 0 Å². The number of hydrogen-bond acceptors (Lipinski definition) is 5. The van der Waals surface area contributed by atoms with E-state index in [4.69, 9.17) is 33.0 Å². The number of aromatic nitrogens is 1. The number of halogens is 1. The lowest BCUT2D eigenvalue weighted by molar-refractivity contribution is 0.340. The van der Waals surface area contributed by atoms with Gasteiger partial charge < -0.3 is 24.3 Å². The standard InChI is InChI=1S/C32H33ClN4O2S/c1-3-38-24-10-7-22(8-11-24)28-13-14-29(39-28)31-30(26-6-4-5-17-34-26)35-32(40)37(31)23-9-12-27(25(33)20-23)36-18-15-21(2)16-19-36/h4-14,17,20-21,30-31H,3,15-16,18-19H2,1-2H3,(H,35,40)/t30-,31-/m0/s1. The summed E-state index contributed by atoms with van der Waals surface area (Å²) in [5.41, 5.74) is 3.86. The lowest BCUT2D eigenvalue weighted by Gasteiger charge is -2.33. The molecule has 6 rings (SSSR count). The zero-order chi connectivity index (χ0) is 27.6. The molecule has 4 heterocycles. The highest BCUT2D eigenvalue weighted by atomic mass is 35.5. The van der Waals surface area contributed by atoms with Gasteiger partial charge in [-0.15, -0.1) is 0 Å². The van der Waals surface area contributed by atoms with Gasteiger partial charge in [-0.1, -0.05) is 24.6 Å². The van der Waals surface area contributed by atoms with Crippen molar-refractivity contribution in [2.75, 3.05) is 29.5 Å². The van der Waals surface area contributed by atoms with E-state index in [1.54, 1.807) is 6.20 Å². The van der Waals surface area contributed by atoms with Crippen LogP contribution in [0.1, 0.15) is 50.2 Å². The van der Waals surface area contributed by atoms with Gasteiger partial charge in [0.15, 0.2) is 5.11 Å². The Morgan fingerprint density at radius 3 is 2.55 bits per heavy atom. The van der Waals surface area contributed by atoms with E-state index in [9.17, 15) is 0 Å². The fourth-order valence-corrected chi connectivity index (χ4v) is 6.26. The molecular weight excluding hydrogens is 540 g/mol. The van der Waals surface area contributed by atoms with Crippen LogP contribution in [-0.4, -0.2) is 29.8 Å². The zero-order valence-corrected chi connectivity index (χ0v) is 24.3. The minimum absolute atomic E-state index is 0.199. The molecule has 2 aromatic carbocycles. The Hall–Kier alpha value is -3.55. The van der Waals surface area contributed by atoms with Crippen LogP contribution in [0.5, 0.6) is 5.75 Å². The molecule has 0 bridgehead atoms. The van der Waals surface area contributed by atoms with Crippen molar-refractivity contribution in [3.8, 4) is 17.1 Å². The number of hydrogen-bond donors (Lipinski definition) is 1. The third-order valence-electron chi connectivity index (χ3n) is 7.80. The third-order valence-corrected chi connectivity index (χ3v) is 8.42. The summed E-state index contributed by atoms with van der Waals surface area (Å²) in [5.74, 6) is 3.16. The first kappa shape index (κ1) is 26.7. The van der Waals surface area contributed by atoms with Crippen LogP contribution in [0, 0.1) is 5.92 Å². The highest BCUT2D eigenvalue weighted by molar-refractivity contribution is 7.80. The molecule has 8 heteroatoms. The Balaban J connectivity index is 1.35. The van der Waals surface area contributed by atoms with E-state index >= 15 is 0 Å². The fourth-order valence-electron chi connectivity index (χ4n) is 5.62. The topological polar surface area (TPSA) is 53.8 Å². The van der Waals surface area contributed by atoms with Crippen LogP contribution in [0.4, 0.5) is 11.4 Å². The third kappa shape index (κ3) is 5.28. The molecule has 0 spiro atoms. The average Bonchev–Trinajstić information content (AvgIpc) is 3.59. The smallest absolute Gasteiger partial charge is 0.174 e. The molecule has 6 nitrogen and oxygen atoms in total. The van der Waals surface area contributed by atoms with Crippen molar-refractivity contribution in [1.29, 1.82) is 0 Å². The molecule has 2 saturated heterocycles. The van der Waals surface area contributed by atoms with Gasteiger partial charge in [-0.3, -0.25) is 4.98 Å². The van der Waals surface area contributed by atoms with E-state index in [2.05, 4.69) is 39.2 Å². The van der Waals surface area contributed by atoms with Crippen LogP contribution in [0.3, 0.4) is 0 Å². The van der Waals surface area contributed by atoms with Gasteiger partial charge >= 0.3 is 0 Å². The van der Waals surface area contributed by atoms with Crippen molar-refractivity contribution in [3.05, 3.63) is 95.5 Å². The van der Waals surface area contributed by atoms with Crippen LogP contribution in [0.15, 0.2) is 83.4 Å². The maximum Gasteiger partial charge on any atom is 0.174 e. The minimum Gasteiger partial charge on any atom is -0.494 e. The van der Waals surface area contributed by atoms with Gasteiger partial charge in [0.05, 0.1) is 29.1 Å². The van der Waals surface area contributed by atoms with Gasteiger partial charge in [0.1, 0.15) is 23.3 Å². The number of furan rings is 1. The molecule has 2 atom stereocenters. The fraction of sp³-hybridized carbons (Fsp3) is 0.312. The van der Waals surface area contributed by atoms with Gasteiger partial charge in [0.25, 0.3) is 0 Å². The van der Waals surface area contributed by atoms with Gasteiger partial charge in [-0.25, -0.2) is 0 Å². The van der Waals surface area contributed by atoms with E-state index in [0.29, 0.717) is 11.7 Å². The summed E-state index contributed by atoms with van der Waals surface area (Å²) in [6.45, 7) is 6.97. The van der Waals surface area contributed by atoms with E-state index in [-0.39, 0.29) is 12.1 Å². The molecule has 0 aliphatic carbocycles. The highest BCUT2D eigenvalue weighted by Crippen LogP contribution is 2.44. The van der Waals surface area contributed by atoms with Crippen molar-refractivity contribution in [1.82, 2.24) is 10.3 Å². The Morgan fingerprint density at radius 1 is 1.05 bits per heavy atom. The average molecular weight is 573 g/mol. The predicted molar refractivity (Wildman–Crippen MR) is 165 cm³/mol. The predicted octanol–water partition coefficient (Wildman–Crippen LogP) is 7.81. The summed E-state index contributed by atoms with van der Waals surface area (Å²) >= 11 is 12.8. The molecular formula is C32H33ClN4O2S.